The zero-order valence-electron chi connectivity index (χ0n) is 17.1. The van der Waals surface area contributed by atoms with Crippen LogP contribution in [0.25, 0.3) is 31.9 Å². The molecular weight excluding hydrogens is 568 g/mol. The monoisotopic (exact) mass is 587 g/mol. The Balaban J connectivity index is 1.92. The molecule has 0 bridgehead atoms. The zero-order valence-corrected chi connectivity index (χ0v) is 21.9. The highest BCUT2D eigenvalue weighted by Crippen LogP contribution is 2.43. The van der Waals surface area contributed by atoms with Gasteiger partial charge >= 0.3 is 0 Å². The van der Waals surface area contributed by atoms with Gasteiger partial charge in [0.1, 0.15) is 11.0 Å². The average molecular weight is 589 g/mol. The molecule has 0 N–H and O–H groups in total. The van der Waals surface area contributed by atoms with Crippen LogP contribution in [0.4, 0.5) is 8.78 Å². The van der Waals surface area contributed by atoms with E-state index in [4.69, 9.17) is 0 Å². The molecule has 3 heterocycles. The summed E-state index contributed by atoms with van der Waals surface area (Å²) in [7, 11) is 0. The maximum atomic E-state index is 15.4. The molecule has 0 radical (unpaired) electrons. The Bertz CT molecular complexity index is 1130. The van der Waals surface area contributed by atoms with Gasteiger partial charge in [0.15, 0.2) is 11.6 Å². The minimum Gasteiger partial charge on any atom is -0.203 e. The van der Waals surface area contributed by atoms with Crippen molar-refractivity contribution in [3.05, 3.63) is 43.5 Å². The molecule has 4 rings (SSSR count). The number of benzene rings is 1. The van der Waals surface area contributed by atoms with E-state index in [1.807, 2.05) is 12.1 Å². The third kappa shape index (κ3) is 4.65. The quantitative estimate of drug-likeness (QED) is 0.206. The molecular formula is C22H21Br2F2N3S2. The Kier molecular flexibility index (Phi) is 7.25. The SMILES string of the molecule is CCCCC(CC)Cn1nc2c(-c3ccc(Br)s3)c(F)c(F)c(-c3ccc(Br)s3)c2n1. The topological polar surface area (TPSA) is 30.7 Å². The first-order valence-corrected chi connectivity index (χ1v) is 13.4. The van der Waals surface area contributed by atoms with E-state index >= 15 is 8.78 Å². The van der Waals surface area contributed by atoms with Gasteiger partial charge in [-0.3, -0.25) is 0 Å². The first-order chi connectivity index (χ1) is 14.9. The number of hydrogen-bond donors (Lipinski definition) is 0. The van der Waals surface area contributed by atoms with Gasteiger partial charge in [0.05, 0.1) is 25.2 Å². The molecule has 164 valence electrons. The Morgan fingerprint density at radius 3 is 1.81 bits per heavy atom. The van der Waals surface area contributed by atoms with Crippen molar-refractivity contribution in [3.63, 3.8) is 0 Å². The van der Waals surface area contributed by atoms with Crippen LogP contribution < -0.4 is 0 Å². The fourth-order valence-corrected chi connectivity index (χ4v) is 6.54. The summed E-state index contributed by atoms with van der Waals surface area (Å²) in [6, 6.07) is 7.22. The first kappa shape index (κ1) is 23.0. The van der Waals surface area contributed by atoms with E-state index in [0.29, 0.717) is 33.3 Å². The summed E-state index contributed by atoms with van der Waals surface area (Å²) in [5, 5.41) is 9.34. The van der Waals surface area contributed by atoms with Crippen LogP contribution in [-0.2, 0) is 6.54 Å². The molecule has 9 heteroatoms. The smallest absolute Gasteiger partial charge is 0.170 e. The average Bonchev–Trinajstić information content (AvgIpc) is 3.46. The summed E-state index contributed by atoms with van der Waals surface area (Å²) in [6.45, 7) is 4.97. The van der Waals surface area contributed by atoms with E-state index < -0.39 is 11.6 Å². The van der Waals surface area contributed by atoms with Crippen molar-refractivity contribution in [1.29, 1.82) is 0 Å². The Hall–Kier alpha value is -1.16. The maximum Gasteiger partial charge on any atom is 0.170 e. The Morgan fingerprint density at radius 1 is 0.903 bits per heavy atom. The molecule has 0 spiro atoms. The zero-order chi connectivity index (χ0) is 22.1. The molecule has 31 heavy (non-hydrogen) atoms. The minimum atomic E-state index is -0.883. The fourth-order valence-electron chi connectivity index (χ4n) is 3.69. The van der Waals surface area contributed by atoms with Crippen LogP contribution in [0.2, 0.25) is 0 Å². The van der Waals surface area contributed by atoms with Crippen molar-refractivity contribution in [2.45, 2.75) is 46.1 Å². The van der Waals surface area contributed by atoms with Crippen LogP contribution in [0.5, 0.6) is 0 Å². The predicted molar refractivity (Wildman–Crippen MR) is 133 cm³/mol. The van der Waals surface area contributed by atoms with Gasteiger partial charge in [-0.1, -0.05) is 33.1 Å². The van der Waals surface area contributed by atoms with Gasteiger partial charge in [-0.05, 0) is 68.5 Å². The lowest BCUT2D eigenvalue weighted by Crippen LogP contribution is -2.12. The van der Waals surface area contributed by atoms with Gasteiger partial charge in [0.2, 0.25) is 0 Å². The normalized spacial score (nSPS) is 12.7. The maximum absolute atomic E-state index is 15.4. The molecule has 1 unspecified atom stereocenters. The van der Waals surface area contributed by atoms with Crippen molar-refractivity contribution in [2.75, 3.05) is 0 Å². The minimum absolute atomic E-state index is 0.176. The molecule has 4 aromatic rings. The molecule has 1 aromatic carbocycles. The molecule has 3 nitrogen and oxygen atoms in total. The standard InChI is InChI=1S/C22H21Br2F2N3S2/c1-3-5-6-12(4-2)11-29-27-21-17(13-7-9-15(23)30-13)19(25)20(26)18(22(21)28-29)14-8-10-16(24)31-14/h7-10,12H,3-6,11H2,1-2H3. The second kappa shape index (κ2) is 9.77. The number of hydrogen-bond acceptors (Lipinski definition) is 4. The third-order valence-electron chi connectivity index (χ3n) is 5.36. The first-order valence-electron chi connectivity index (χ1n) is 10.2. The number of nitrogens with zero attached hydrogens (tertiary/aromatic N) is 3. The van der Waals surface area contributed by atoms with Crippen molar-refractivity contribution >= 4 is 65.6 Å². The molecule has 0 fully saturated rings. The van der Waals surface area contributed by atoms with Crippen molar-refractivity contribution in [1.82, 2.24) is 15.0 Å². The summed E-state index contributed by atoms with van der Waals surface area (Å²) in [4.78, 5) is 2.88. The molecule has 1 atom stereocenters. The predicted octanol–water partition coefficient (Wildman–Crippen LogP) is 8.91. The van der Waals surface area contributed by atoms with Gasteiger partial charge in [-0.2, -0.15) is 15.0 Å². The highest BCUT2D eigenvalue weighted by Gasteiger charge is 2.27. The van der Waals surface area contributed by atoms with E-state index in [0.717, 1.165) is 33.3 Å². The van der Waals surface area contributed by atoms with Crippen LogP contribution in [0, 0.1) is 17.6 Å². The number of fused-ring (bicyclic) bond motifs is 1. The second-order valence-corrected chi connectivity index (χ2v) is 12.4. The van der Waals surface area contributed by atoms with Gasteiger partial charge in [0.25, 0.3) is 0 Å². The lowest BCUT2D eigenvalue weighted by atomic mass is 10.00. The Morgan fingerprint density at radius 2 is 1.42 bits per heavy atom. The molecule has 0 aliphatic heterocycles. The van der Waals surface area contributed by atoms with E-state index in [-0.39, 0.29) is 11.1 Å². The molecule has 0 saturated heterocycles. The lowest BCUT2D eigenvalue weighted by Gasteiger charge is -2.12. The van der Waals surface area contributed by atoms with Crippen molar-refractivity contribution in [2.24, 2.45) is 5.92 Å². The summed E-state index contributed by atoms with van der Waals surface area (Å²) in [5.41, 5.74) is 1.15. The summed E-state index contributed by atoms with van der Waals surface area (Å²) in [5.74, 6) is -1.34. The second-order valence-electron chi connectivity index (χ2n) is 7.45. The highest BCUT2D eigenvalue weighted by molar-refractivity contribution is 9.11. The van der Waals surface area contributed by atoms with Gasteiger partial charge in [0, 0.05) is 9.75 Å². The van der Waals surface area contributed by atoms with Crippen LogP contribution in [0.15, 0.2) is 31.8 Å². The third-order valence-corrected chi connectivity index (χ3v) is 8.65. The number of halogens is 4. The number of unbranched alkanes of at least 4 members (excludes halogenated alkanes) is 1. The van der Waals surface area contributed by atoms with Gasteiger partial charge in [-0.25, -0.2) is 8.78 Å². The summed E-state index contributed by atoms with van der Waals surface area (Å²) >= 11 is 9.54. The van der Waals surface area contributed by atoms with E-state index in [1.54, 1.807) is 16.9 Å². The summed E-state index contributed by atoms with van der Waals surface area (Å²) < 4.78 is 32.5. The van der Waals surface area contributed by atoms with Crippen LogP contribution in [0.3, 0.4) is 0 Å². The molecule has 3 aromatic heterocycles. The van der Waals surface area contributed by atoms with Gasteiger partial charge in [-0.15, -0.1) is 22.7 Å². The molecule has 0 saturated carbocycles. The number of thiophene rings is 2. The molecule has 0 aliphatic rings. The number of rotatable bonds is 8. The molecule has 0 amide bonds. The Labute approximate surface area is 204 Å². The fraction of sp³-hybridized carbons (Fsp3) is 0.364. The summed E-state index contributed by atoms with van der Waals surface area (Å²) in [6.07, 6.45) is 4.38. The largest absolute Gasteiger partial charge is 0.203 e. The van der Waals surface area contributed by atoms with E-state index in [9.17, 15) is 0 Å². The van der Waals surface area contributed by atoms with Crippen LogP contribution in [-0.4, -0.2) is 15.0 Å². The van der Waals surface area contributed by atoms with E-state index in [2.05, 4.69) is 55.9 Å². The van der Waals surface area contributed by atoms with E-state index in [1.165, 1.54) is 22.7 Å². The van der Waals surface area contributed by atoms with Gasteiger partial charge < -0.3 is 0 Å². The van der Waals surface area contributed by atoms with Crippen molar-refractivity contribution < 1.29 is 8.78 Å². The van der Waals surface area contributed by atoms with Crippen LogP contribution in [0.1, 0.15) is 39.5 Å². The van der Waals surface area contributed by atoms with Crippen molar-refractivity contribution in [3.8, 4) is 20.9 Å². The molecule has 0 aliphatic carbocycles. The lowest BCUT2D eigenvalue weighted by molar-refractivity contribution is 0.351. The number of aromatic nitrogens is 3. The van der Waals surface area contributed by atoms with Crippen LogP contribution >= 0.6 is 54.5 Å². The highest BCUT2D eigenvalue weighted by atomic mass is 79.9.